The molecule has 0 bridgehead atoms. The lowest BCUT2D eigenvalue weighted by Gasteiger charge is -2.16. The van der Waals surface area contributed by atoms with Crippen LogP contribution in [-0.4, -0.2) is 40.1 Å². The molecule has 5 rings (SSSR count). The minimum absolute atomic E-state index is 0.119. The maximum atomic E-state index is 12.9. The molecular weight excluding hydrogens is 434 g/mol. The molecule has 2 aliphatic rings. The molecule has 3 aromatic rings. The Morgan fingerprint density at radius 1 is 1.00 bits per heavy atom. The third-order valence-corrected chi connectivity index (χ3v) is 6.87. The summed E-state index contributed by atoms with van der Waals surface area (Å²) in [4.78, 5) is 50.8. The van der Waals surface area contributed by atoms with Crippen molar-refractivity contribution in [1.82, 2.24) is 4.90 Å². The number of Topliss-reactive ketones (excluding diaryl/α,β-unsaturated/α-hetero) is 1. The Morgan fingerprint density at radius 2 is 1.71 bits per heavy atom. The van der Waals surface area contributed by atoms with Gasteiger partial charge in [-0.2, -0.15) is 0 Å². The van der Waals surface area contributed by atoms with Crippen molar-refractivity contribution in [3.63, 3.8) is 0 Å². The lowest BCUT2D eigenvalue weighted by Crippen LogP contribution is -2.31. The zero-order valence-corrected chi connectivity index (χ0v) is 18.7. The van der Waals surface area contributed by atoms with E-state index in [2.05, 4.69) is 0 Å². The number of imide groups is 1. The number of aryl methyl sites for hydroxylation is 2. The van der Waals surface area contributed by atoms with E-state index < -0.39 is 11.9 Å². The lowest BCUT2D eigenvalue weighted by atomic mass is 9.92. The fourth-order valence-electron chi connectivity index (χ4n) is 5.03. The van der Waals surface area contributed by atoms with Gasteiger partial charge in [0.2, 0.25) is 0 Å². The van der Waals surface area contributed by atoms with Gasteiger partial charge in [-0.1, -0.05) is 24.3 Å². The largest absolute Gasteiger partial charge is 0.481 e. The summed E-state index contributed by atoms with van der Waals surface area (Å²) in [5.41, 5.74) is 3.07. The number of benzene rings is 2. The summed E-state index contributed by atoms with van der Waals surface area (Å²) < 4.78 is 5.96. The minimum Gasteiger partial charge on any atom is -0.481 e. The maximum Gasteiger partial charge on any atom is 0.306 e. The number of hydrogen-bond acceptors (Lipinski definition) is 5. The molecule has 0 saturated carbocycles. The third-order valence-electron chi connectivity index (χ3n) is 6.87. The molecule has 1 aromatic heterocycles. The number of amides is 2. The van der Waals surface area contributed by atoms with Gasteiger partial charge < -0.3 is 9.52 Å². The molecule has 1 N–H and O–H groups in total. The number of carboxylic acid groups (broad SMARTS) is 1. The second-order valence-corrected chi connectivity index (χ2v) is 9.03. The van der Waals surface area contributed by atoms with Gasteiger partial charge in [0.05, 0.1) is 17.0 Å². The molecule has 2 heterocycles. The predicted octanol–water partition coefficient (Wildman–Crippen LogP) is 4.66. The fourth-order valence-corrected chi connectivity index (χ4v) is 5.03. The van der Waals surface area contributed by atoms with Crippen LogP contribution in [0.2, 0.25) is 0 Å². The minimum atomic E-state index is -1.06. The maximum absolute atomic E-state index is 12.9. The van der Waals surface area contributed by atoms with Crippen molar-refractivity contribution in [2.45, 2.75) is 44.9 Å². The third kappa shape index (κ3) is 3.91. The molecule has 0 radical (unpaired) electrons. The molecule has 7 nitrogen and oxygen atoms in total. The van der Waals surface area contributed by atoms with E-state index in [-0.39, 0.29) is 37.0 Å². The number of fused-ring (bicyclic) bond motifs is 4. The molecule has 1 unspecified atom stereocenters. The average Bonchev–Trinajstić information content (AvgIpc) is 3.33. The Kier molecular flexibility index (Phi) is 5.77. The van der Waals surface area contributed by atoms with Crippen molar-refractivity contribution in [3.05, 3.63) is 70.5 Å². The first-order valence-electron chi connectivity index (χ1n) is 11.7. The highest BCUT2D eigenvalue weighted by Gasteiger charge is 2.35. The van der Waals surface area contributed by atoms with Crippen LogP contribution in [-0.2, 0) is 17.6 Å². The van der Waals surface area contributed by atoms with E-state index >= 15 is 0 Å². The molecule has 1 atom stereocenters. The molecule has 34 heavy (non-hydrogen) atoms. The Balaban J connectivity index is 1.23. The van der Waals surface area contributed by atoms with Crippen molar-refractivity contribution >= 4 is 34.5 Å². The van der Waals surface area contributed by atoms with Crippen LogP contribution >= 0.6 is 0 Å². The highest BCUT2D eigenvalue weighted by atomic mass is 16.4. The summed E-state index contributed by atoms with van der Waals surface area (Å²) >= 11 is 0. The van der Waals surface area contributed by atoms with Crippen LogP contribution in [0, 0.1) is 5.92 Å². The number of furan rings is 1. The predicted molar refractivity (Wildman–Crippen MR) is 124 cm³/mol. The number of rotatable bonds is 8. The molecule has 1 aliphatic carbocycles. The van der Waals surface area contributed by atoms with Crippen LogP contribution in [0.15, 0.2) is 46.9 Å². The molecule has 2 aromatic carbocycles. The number of carbonyl (C=O) groups excluding carboxylic acids is 3. The molecule has 0 spiro atoms. The van der Waals surface area contributed by atoms with Crippen molar-refractivity contribution in [1.29, 1.82) is 0 Å². The summed E-state index contributed by atoms with van der Waals surface area (Å²) in [6.45, 7) is 0.119. The van der Waals surface area contributed by atoms with Gasteiger partial charge >= 0.3 is 5.97 Å². The Morgan fingerprint density at radius 3 is 2.41 bits per heavy atom. The Hall–Kier alpha value is -3.74. The van der Waals surface area contributed by atoms with Crippen LogP contribution in [0.25, 0.3) is 11.0 Å². The van der Waals surface area contributed by atoms with Gasteiger partial charge in [-0.05, 0) is 50.3 Å². The highest BCUT2D eigenvalue weighted by molar-refractivity contribution is 6.21. The first kappa shape index (κ1) is 22.1. The lowest BCUT2D eigenvalue weighted by molar-refractivity contribution is -0.141. The van der Waals surface area contributed by atoms with E-state index in [0.29, 0.717) is 28.7 Å². The molecule has 0 fully saturated rings. The first-order chi connectivity index (χ1) is 16.4. The fraction of sp³-hybridized carbons (Fsp3) is 0.333. The quantitative estimate of drug-likeness (QED) is 0.388. The average molecular weight is 459 g/mol. The Labute approximate surface area is 196 Å². The second-order valence-electron chi connectivity index (χ2n) is 9.03. The van der Waals surface area contributed by atoms with Gasteiger partial charge in [-0.15, -0.1) is 0 Å². The Bertz CT molecular complexity index is 1280. The van der Waals surface area contributed by atoms with E-state index in [4.69, 9.17) is 4.42 Å². The first-order valence-corrected chi connectivity index (χ1v) is 11.7. The number of carbonyl (C=O) groups is 4. The summed E-state index contributed by atoms with van der Waals surface area (Å²) in [7, 11) is 0. The van der Waals surface area contributed by atoms with E-state index in [1.807, 2.05) is 6.07 Å². The summed E-state index contributed by atoms with van der Waals surface area (Å²) in [6, 6.07) is 12.0. The monoisotopic (exact) mass is 459 g/mol. The van der Waals surface area contributed by atoms with Gasteiger partial charge in [0, 0.05) is 35.9 Å². The molecule has 0 saturated heterocycles. The van der Waals surface area contributed by atoms with Gasteiger partial charge in [0.1, 0.15) is 11.3 Å². The number of ketones is 1. The zero-order valence-electron chi connectivity index (χ0n) is 18.7. The molecule has 2 amide bonds. The molecule has 174 valence electrons. The topological polar surface area (TPSA) is 105 Å². The van der Waals surface area contributed by atoms with E-state index in [1.165, 1.54) is 5.56 Å². The van der Waals surface area contributed by atoms with E-state index in [9.17, 15) is 24.3 Å². The molecule has 1 aliphatic heterocycles. The summed E-state index contributed by atoms with van der Waals surface area (Å²) in [6.07, 6.45) is 4.45. The van der Waals surface area contributed by atoms with Crippen molar-refractivity contribution < 1.29 is 28.7 Å². The molecule has 7 heteroatoms. The SMILES string of the molecule is O=C(CC(CCCN1C(=O)c2ccccc2C1=O)C(=O)O)c1ccc2c3c(oc2c1)CCCC3. The summed E-state index contributed by atoms with van der Waals surface area (Å²) in [5, 5.41) is 10.7. The number of hydrogen-bond donors (Lipinski definition) is 1. The van der Waals surface area contributed by atoms with E-state index in [1.54, 1.807) is 36.4 Å². The highest BCUT2D eigenvalue weighted by Crippen LogP contribution is 2.33. The number of nitrogens with zero attached hydrogens (tertiary/aromatic N) is 1. The van der Waals surface area contributed by atoms with Gasteiger partial charge in [0.25, 0.3) is 11.8 Å². The van der Waals surface area contributed by atoms with E-state index in [0.717, 1.165) is 41.7 Å². The van der Waals surface area contributed by atoms with Crippen LogP contribution in [0.3, 0.4) is 0 Å². The van der Waals surface area contributed by atoms with Crippen LogP contribution in [0.4, 0.5) is 0 Å². The smallest absolute Gasteiger partial charge is 0.306 e. The molecular formula is C27H25NO6. The van der Waals surface area contributed by atoms with Crippen molar-refractivity contribution in [3.8, 4) is 0 Å². The van der Waals surface area contributed by atoms with Gasteiger partial charge in [0.15, 0.2) is 5.78 Å². The zero-order chi connectivity index (χ0) is 23.8. The van der Waals surface area contributed by atoms with Crippen LogP contribution in [0.1, 0.15) is 74.5 Å². The number of aliphatic carboxylic acids is 1. The van der Waals surface area contributed by atoms with Gasteiger partial charge in [-0.25, -0.2) is 0 Å². The van der Waals surface area contributed by atoms with Crippen molar-refractivity contribution in [2.75, 3.05) is 6.54 Å². The standard InChI is InChI=1S/C27H25NO6/c29-22(16-11-12-19-18-7-3-4-10-23(18)34-24(19)15-16)14-17(27(32)33)6-5-13-28-25(30)20-8-1-2-9-21(20)26(28)31/h1-2,8-9,11-12,15,17H,3-7,10,13-14H2,(H,32,33). The van der Waals surface area contributed by atoms with Gasteiger partial charge in [-0.3, -0.25) is 24.1 Å². The summed E-state index contributed by atoms with van der Waals surface area (Å²) in [5.74, 6) is -1.96. The number of carboxylic acids is 1. The van der Waals surface area contributed by atoms with Crippen molar-refractivity contribution in [2.24, 2.45) is 5.92 Å². The second kappa shape index (κ2) is 8.89. The van der Waals surface area contributed by atoms with Crippen LogP contribution in [0.5, 0.6) is 0 Å². The normalized spacial score (nSPS) is 15.9. The van der Waals surface area contributed by atoms with Crippen LogP contribution < -0.4 is 0 Å².